The predicted octanol–water partition coefficient (Wildman–Crippen LogP) is 3.35. The van der Waals surface area contributed by atoms with Crippen LogP contribution in [0.4, 0.5) is 0 Å². The maximum absolute atomic E-state index is 6.16. The van der Waals surface area contributed by atoms with Gasteiger partial charge in [0.05, 0.1) is 20.0 Å². The fraction of sp³-hybridized carbons (Fsp3) is 0.550. The largest absolute Gasteiger partial charge is 0.493 e. The van der Waals surface area contributed by atoms with E-state index in [1.54, 1.807) is 7.11 Å². The summed E-state index contributed by atoms with van der Waals surface area (Å²) in [5.74, 6) is 2.66. The number of aryl methyl sites for hydroxylation is 1. The standard InChI is InChI=1S/C20H27N3O2/c1-24-19-5-2-4-17(14-23-13-16-6-7-18(23)12-16)20(19)25-11-3-9-22-10-8-21-15-22/h2,4-5,8,10,15-16,18H,3,6-7,9,11-14H2,1H3/t16-,18-/m0/s1. The first-order valence-corrected chi connectivity index (χ1v) is 9.32. The van der Waals surface area contributed by atoms with Crippen LogP contribution >= 0.6 is 0 Å². The Morgan fingerprint density at radius 3 is 2.96 bits per heavy atom. The molecule has 1 aromatic heterocycles. The van der Waals surface area contributed by atoms with E-state index in [1.807, 2.05) is 24.8 Å². The molecule has 1 aromatic carbocycles. The summed E-state index contributed by atoms with van der Waals surface area (Å²) in [7, 11) is 1.72. The Bertz CT molecular complexity index is 686. The number of likely N-dealkylation sites (tertiary alicyclic amines) is 1. The van der Waals surface area contributed by atoms with Gasteiger partial charge in [-0.15, -0.1) is 0 Å². The second kappa shape index (κ2) is 7.48. The molecule has 1 aliphatic carbocycles. The second-order valence-electron chi connectivity index (χ2n) is 7.21. The molecule has 2 fully saturated rings. The third-order valence-electron chi connectivity index (χ3n) is 5.54. The molecule has 2 heterocycles. The second-order valence-corrected chi connectivity index (χ2v) is 7.21. The van der Waals surface area contributed by atoms with E-state index in [-0.39, 0.29) is 0 Å². The number of benzene rings is 1. The van der Waals surface area contributed by atoms with E-state index in [2.05, 4.69) is 26.6 Å². The first-order chi connectivity index (χ1) is 12.3. The summed E-state index contributed by atoms with van der Waals surface area (Å²) in [5.41, 5.74) is 1.24. The molecule has 0 unspecified atom stereocenters. The number of hydrogen-bond donors (Lipinski definition) is 0. The van der Waals surface area contributed by atoms with Crippen LogP contribution in [-0.2, 0) is 13.1 Å². The maximum Gasteiger partial charge on any atom is 0.165 e. The Labute approximate surface area is 149 Å². The van der Waals surface area contributed by atoms with Gasteiger partial charge >= 0.3 is 0 Å². The zero-order valence-electron chi connectivity index (χ0n) is 14.9. The molecule has 4 rings (SSSR count). The summed E-state index contributed by atoms with van der Waals surface area (Å²) < 4.78 is 13.8. The quantitative estimate of drug-likeness (QED) is 0.691. The van der Waals surface area contributed by atoms with Gasteiger partial charge in [-0.05, 0) is 37.7 Å². The number of para-hydroxylation sites is 1. The fourth-order valence-electron chi connectivity index (χ4n) is 4.29. The van der Waals surface area contributed by atoms with Crippen molar-refractivity contribution in [3.05, 3.63) is 42.5 Å². The van der Waals surface area contributed by atoms with Gasteiger partial charge in [-0.1, -0.05) is 12.1 Å². The van der Waals surface area contributed by atoms with Gasteiger partial charge < -0.3 is 14.0 Å². The van der Waals surface area contributed by atoms with Crippen molar-refractivity contribution in [2.45, 2.75) is 44.8 Å². The Kier molecular flexibility index (Phi) is 4.92. The van der Waals surface area contributed by atoms with Crippen molar-refractivity contribution in [1.29, 1.82) is 0 Å². The lowest BCUT2D eigenvalue weighted by Gasteiger charge is -2.27. The minimum atomic E-state index is 0.678. The average Bonchev–Trinajstić information content (AvgIpc) is 3.37. The number of nitrogens with zero attached hydrogens (tertiary/aromatic N) is 3. The van der Waals surface area contributed by atoms with Crippen molar-refractivity contribution in [3.63, 3.8) is 0 Å². The molecular weight excluding hydrogens is 314 g/mol. The summed E-state index contributed by atoms with van der Waals surface area (Å²) >= 11 is 0. The molecule has 1 saturated carbocycles. The molecule has 0 amide bonds. The van der Waals surface area contributed by atoms with Crippen LogP contribution in [-0.4, -0.2) is 40.8 Å². The summed E-state index contributed by atoms with van der Waals surface area (Å²) in [4.78, 5) is 6.70. The highest BCUT2D eigenvalue weighted by Crippen LogP contribution is 2.40. The molecule has 5 nitrogen and oxygen atoms in total. The van der Waals surface area contributed by atoms with Crippen LogP contribution < -0.4 is 9.47 Å². The molecule has 0 N–H and O–H groups in total. The van der Waals surface area contributed by atoms with E-state index in [9.17, 15) is 0 Å². The molecule has 5 heteroatoms. The van der Waals surface area contributed by atoms with Crippen LogP contribution in [0.1, 0.15) is 31.2 Å². The molecular formula is C20H27N3O2. The highest BCUT2D eigenvalue weighted by molar-refractivity contribution is 5.46. The van der Waals surface area contributed by atoms with Crippen LogP contribution in [0.2, 0.25) is 0 Å². The zero-order valence-corrected chi connectivity index (χ0v) is 14.9. The molecule has 134 valence electrons. The van der Waals surface area contributed by atoms with Crippen LogP contribution in [0, 0.1) is 5.92 Å². The zero-order chi connectivity index (χ0) is 17.1. The van der Waals surface area contributed by atoms with Crippen molar-refractivity contribution in [3.8, 4) is 11.5 Å². The van der Waals surface area contributed by atoms with Crippen LogP contribution in [0.5, 0.6) is 11.5 Å². The molecule has 0 spiro atoms. The minimum absolute atomic E-state index is 0.678. The van der Waals surface area contributed by atoms with Crippen LogP contribution in [0.3, 0.4) is 0 Å². The average molecular weight is 341 g/mol. The normalized spacial score (nSPS) is 22.4. The molecule has 2 bridgehead atoms. The monoisotopic (exact) mass is 341 g/mol. The minimum Gasteiger partial charge on any atom is -0.493 e. The smallest absolute Gasteiger partial charge is 0.165 e. The number of fused-ring (bicyclic) bond motifs is 2. The molecule has 2 aromatic rings. The van der Waals surface area contributed by atoms with E-state index in [4.69, 9.17) is 9.47 Å². The topological polar surface area (TPSA) is 39.5 Å². The lowest BCUT2D eigenvalue weighted by molar-refractivity contribution is 0.199. The molecule has 0 radical (unpaired) electrons. The van der Waals surface area contributed by atoms with Crippen molar-refractivity contribution in [1.82, 2.24) is 14.5 Å². The van der Waals surface area contributed by atoms with Gasteiger partial charge in [0.15, 0.2) is 11.5 Å². The van der Waals surface area contributed by atoms with Gasteiger partial charge in [-0.25, -0.2) is 4.98 Å². The van der Waals surface area contributed by atoms with E-state index < -0.39 is 0 Å². The summed E-state index contributed by atoms with van der Waals surface area (Å²) in [5, 5.41) is 0. The Morgan fingerprint density at radius 1 is 1.28 bits per heavy atom. The van der Waals surface area contributed by atoms with Gasteiger partial charge in [0.2, 0.25) is 0 Å². The van der Waals surface area contributed by atoms with E-state index in [0.717, 1.165) is 43.0 Å². The highest BCUT2D eigenvalue weighted by Gasteiger charge is 2.37. The third kappa shape index (κ3) is 3.66. The lowest BCUT2D eigenvalue weighted by atomic mass is 10.1. The van der Waals surface area contributed by atoms with E-state index in [0.29, 0.717) is 6.61 Å². The number of hydrogen-bond acceptors (Lipinski definition) is 4. The number of ether oxygens (including phenoxy) is 2. The molecule has 1 aliphatic heterocycles. The number of methoxy groups -OCH3 is 1. The van der Waals surface area contributed by atoms with Gasteiger partial charge in [0, 0.05) is 43.6 Å². The highest BCUT2D eigenvalue weighted by atomic mass is 16.5. The summed E-state index contributed by atoms with van der Waals surface area (Å²) in [6.07, 6.45) is 10.7. The molecule has 1 saturated heterocycles. The van der Waals surface area contributed by atoms with Crippen molar-refractivity contribution < 1.29 is 9.47 Å². The Hall–Kier alpha value is -2.01. The van der Waals surface area contributed by atoms with E-state index >= 15 is 0 Å². The Balaban J connectivity index is 1.40. The Morgan fingerprint density at radius 2 is 2.24 bits per heavy atom. The number of rotatable bonds is 8. The third-order valence-corrected chi connectivity index (χ3v) is 5.54. The van der Waals surface area contributed by atoms with Gasteiger partial charge in [0.1, 0.15) is 0 Å². The van der Waals surface area contributed by atoms with Crippen molar-refractivity contribution in [2.24, 2.45) is 5.92 Å². The summed E-state index contributed by atoms with van der Waals surface area (Å²) in [6.45, 7) is 3.80. The fourth-order valence-corrected chi connectivity index (χ4v) is 4.29. The number of piperidine rings is 1. The van der Waals surface area contributed by atoms with Gasteiger partial charge in [0.25, 0.3) is 0 Å². The molecule has 25 heavy (non-hydrogen) atoms. The lowest BCUT2D eigenvalue weighted by Crippen LogP contribution is -2.31. The first kappa shape index (κ1) is 16.5. The van der Waals surface area contributed by atoms with Crippen LogP contribution in [0.15, 0.2) is 36.9 Å². The van der Waals surface area contributed by atoms with Crippen LogP contribution in [0.25, 0.3) is 0 Å². The van der Waals surface area contributed by atoms with Crippen molar-refractivity contribution >= 4 is 0 Å². The van der Waals surface area contributed by atoms with Crippen molar-refractivity contribution in [2.75, 3.05) is 20.3 Å². The maximum atomic E-state index is 6.16. The summed E-state index contributed by atoms with van der Waals surface area (Å²) in [6, 6.07) is 7.01. The predicted molar refractivity (Wildman–Crippen MR) is 96.9 cm³/mol. The SMILES string of the molecule is COc1cccc(CN2C[C@H]3CC[C@H]2C3)c1OCCCn1ccnc1. The molecule has 2 aliphatic rings. The van der Waals surface area contributed by atoms with Gasteiger partial charge in [-0.2, -0.15) is 0 Å². The number of imidazole rings is 1. The number of aromatic nitrogens is 2. The first-order valence-electron chi connectivity index (χ1n) is 9.32. The van der Waals surface area contributed by atoms with Gasteiger partial charge in [-0.3, -0.25) is 4.90 Å². The van der Waals surface area contributed by atoms with E-state index in [1.165, 1.54) is 31.4 Å². The molecule has 2 atom stereocenters.